The average Bonchev–Trinajstić information content (AvgIpc) is 3.18. The van der Waals surface area contributed by atoms with Gasteiger partial charge in [0.25, 0.3) is 0 Å². The Labute approximate surface area is 134 Å². The summed E-state index contributed by atoms with van der Waals surface area (Å²) in [5.74, 6) is -0.550. The highest BCUT2D eigenvalue weighted by Gasteiger charge is 2.57. The zero-order valence-electron chi connectivity index (χ0n) is 12.9. The maximum atomic E-state index is 12.8. The van der Waals surface area contributed by atoms with Gasteiger partial charge in [0.15, 0.2) is 0 Å². The van der Waals surface area contributed by atoms with Crippen molar-refractivity contribution >= 4 is 17.9 Å². The van der Waals surface area contributed by atoms with Gasteiger partial charge in [0, 0.05) is 19.5 Å². The molecule has 0 spiro atoms. The van der Waals surface area contributed by atoms with E-state index in [1.165, 1.54) is 16.7 Å². The lowest BCUT2D eigenvalue weighted by Crippen LogP contribution is -2.59. The fraction of sp³-hybridized carbons (Fsp3) is 0.733. The number of carbonyl (C=O) groups is 3. The van der Waals surface area contributed by atoms with Gasteiger partial charge in [-0.05, 0) is 31.6 Å². The zero-order valence-corrected chi connectivity index (χ0v) is 12.9. The predicted octanol–water partition coefficient (Wildman–Crippen LogP) is 0.146. The van der Waals surface area contributed by atoms with E-state index in [1.54, 1.807) is 0 Å². The van der Waals surface area contributed by atoms with Crippen LogP contribution < -0.4 is 5.32 Å². The second-order valence-corrected chi connectivity index (χ2v) is 6.56. The summed E-state index contributed by atoms with van der Waals surface area (Å²) in [5, 5.41) is 21.5. The van der Waals surface area contributed by atoms with Crippen LogP contribution in [0.2, 0.25) is 0 Å². The number of likely N-dealkylation sites (tertiary alicyclic amines) is 2. The number of nitriles is 1. The van der Waals surface area contributed by atoms with Crippen LogP contribution in [0.1, 0.15) is 32.6 Å². The van der Waals surface area contributed by atoms with Crippen LogP contribution in [0.15, 0.2) is 0 Å². The summed E-state index contributed by atoms with van der Waals surface area (Å²) >= 11 is 0. The molecule has 0 radical (unpaired) electrons. The van der Waals surface area contributed by atoms with E-state index in [4.69, 9.17) is 5.26 Å². The molecule has 2 heterocycles. The Bertz CT molecular complexity index is 585. The van der Waals surface area contributed by atoms with Gasteiger partial charge in [-0.3, -0.25) is 14.5 Å². The predicted molar refractivity (Wildman–Crippen MR) is 78.1 cm³/mol. The molecule has 2 saturated heterocycles. The Balaban J connectivity index is 1.81. The minimum Gasteiger partial charge on any atom is -0.465 e. The molecule has 23 heavy (non-hydrogen) atoms. The molecule has 0 aromatic heterocycles. The van der Waals surface area contributed by atoms with E-state index >= 15 is 0 Å². The first-order chi connectivity index (χ1) is 10.9. The summed E-state index contributed by atoms with van der Waals surface area (Å²) in [6, 6.07) is 0.347. The maximum Gasteiger partial charge on any atom is 0.408 e. The number of amides is 3. The number of piperidine rings is 1. The van der Waals surface area contributed by atoms with Gasteiger partial charge in [0.05, 0.1) is 12.1 Å². The Kier molecular flexibility index (Phi) is 3.88. The van der Waals surface area contributed by atoms with E-state index in [-0.39, 0.29) is 29.8 Å². The third kappa shape index (κ3) is 2.50. The first-order valence-corrected chi connectivity index (χ1v) is 7.92. The van der Waals surface area contributed by atoms with Crippen molar-refractivity contribution in [2.24, 2.45) is 5.92 Å². The molecule has 0 aromatic carbocycles. The molecule has 0 unspecified atom stereocenters. The van der Waals surface area contributed by atoms with Crippen LogP contribution in [-0.4, -0.2) is 63.5 Å². The highest BCUT2D eigenvalue weighted by atomic mass is 16.4. The number of carbonyl (C=O) groups excluding carboxylic acids is 2. The molecule has 8 nitrogen and oxygen atoms in total. The van der Waals surface area contributed by atoms with Crippen molar-refractivity contribution in [1.29, 1.82) is 5.26 Å². The van der Waals surface area contributed by atoms with Gasteiger partial charge in [-0.2, -0.15) is 5.26 Å². The van der Waals surface area contributed by atoms with Crippen LogP contribution in [0, 0.1) is 17.2 Å². The first kappa shape index (κ1) is 15.6. The van der Waals surface area contributed by atoms with E-state index in [0.29, 0.717) is 25.8 Å². The standard InChI is InChI=1S/C15H20N4O4/c1-8(20)17-11-5-9-6-12(11)19(15(22)23)13(9)14(21)18-4-2-3-10(18)7-16/h9-13H,2-6H2,1H3,(H,17,20)(H,22,23)/t9-,10+,11-,12-,13-/m1/s1. The minimum atomic E-state index is -1.14. The molecule has 3 amide bonds. The summed E-state index contributed by atoms with van der Waals surface area (Å²) in [4.78, 5) is 38.5. The van der Waals surface area contributed by atoms with Crippen molar-refractivity contribution in [3.8, 4) is 6.07 Å². The molecule has 3 rings (SSSR count). The fourth-order valence-electron chi connectivity index (χ4n) is 4.38. The lowest BCUT2D eigenvalue weighted by Gasteiger charge is -2.38. The molecule has 8 heteroatoms. The summed E-state index contributed by atoms with van der Waals surface area (Å²) < 4.78 is 0. The number of hydrogen-bond donors (Lipinski definition) is 2. The first-order valence-electron chi connectivity index (χ1n) is 7.92. The quantitative estimate of drug-likeness (QED) is 0.751. The van der Waals surface area contributed by atoms with Crippen molar-refractivity contribution in [3.05, 3.63) is 0 Å². The SMILES string of the molecule is CC(=O)N[C@@H]1C[C@@H]2C[C@H]1N(C(=O)O)[C@H]2C(=O)N1CCC[C@H]1C#N. The molecule has 3 fully saturated rings. The molecule has 5 atom stereocenters. The van der Waals surface area contributed by atoms with E-state index in [1.807, 2.05) is 0 Å². The smallest absolute Gasteiger partial charge is 0.408 e. The van der Waals surface area contributed by atoms with Crippen LogP contribution in [0.25, 0.3) is 0 Å². The summed E-state index contributed by atoms with van der Waals surface area (Å²) in [7, 11) is 0. The third-order valence-electron chi connectivity index (χ3n) is 5.22. The molecule has 124 valence electrons. The van der Waals surface area contributed by atoms with Crippen molar-refractivity contribution < 1.29 is 19.5 Å². The number of hydrogen-bond acceptors (Lipinski definition) is 4. The van der Waals surface area contributed by atoms with Crippen molar-refractivity contribution in [3.63, 3.8) is 0 Å². The molecular formula is C15H20N4O4. The highest BCUT2D eigenvalue weighted by Crippen LogP contribution is 2.43. The van der Waals surface area contributed by atoms with Gasteiger partial charge >= 0.3 is 6.09 Å². The number of rotatable bonds is 2. The summed E-state index contributed by atoms with van der Waals surface area (Å²) in [5.41, 5.74) is 0. The monoisotopic (exact) mass is 320 g/mol. The molecule has 3 aliphatic rings. The second kappa shape index (κ2) is 5.72. The molecule has 0 aromatic rings. The van der Waals surface area contributed by atoms with Crippen LogP contribution in [-0.2, 0) is 9.59 Å². The number of carboxylic acid groups (broad SMARTS) is 1. The van der Waals surface area contributed by atoms with Gasteiger partial charge < -0.3 is 15.3 Å². The van der Waals surface area contributed by atoms with Crippen LogP contribution in [0.3, 0.4) is 0 Å². The number of nitrogens with one attached hydrogen (secondary N) is 1. The minimum absolute atomic E-state index is 0.0969. The normalized spacial score (nSPS) is 35.2. The molecule has 2 N–H and O–H groups in total. The van der Waals surface area contributed by atoms with Gasteiger partial charge in [-0.1, -0.05) is 0 Å². The topological polar surface area (TPSA) is 114 Å². The van der Waals surface area contributed by atoms with E-state index in [2.05, 4.69) is 11.4 Å². The lowest BCUT2D eigenvalue weighted by molar-refractivity contribution is -0.138. The molecule has 2 bridgehead atoms. The van der Waals surface area contributed by atoms with Gasteiger partial charge in [0.2, 0.25) is 11.8 Å². The van der Waals surface area contributed by atoms with Crippen molar-refractivity contribution in [2.45, 2.75) is 56.8 Å². The van der Waals surface area contributed by atoms with Crippen LogP contribution in [0.4, 0.5) is 4.79 Å². The van der Waals surface area contributed by atoms with E-state index < -0.39 is 18.2 Å². The van der Waals surface area contributed by atoms with Crippen molar-refractivity contribution in [1.82, 2.24) is 15.1 Å². The van der Waals surface area contributed by atoms with Crippen molar-refractivity contribution in [2.75, 3.05) is 6.54 Å². The van der Waals surface area contributed by atoms with Crippen LogP contribution >= 0.6 is 0 Å². The Morgan fingerprint density at radius 3 is 2.65 bits per heavy atom. The summed E-state index contributed by atoms with van der Waals surface area (Å²) in [6.45, 7) is 1.91. The Morgan fingerprint density at radius 1 is 1.30 bits per heavy atom. The molecule has 1 aliphatic carbocycles. The number of fused-ring (bicyclic) bond motifs is 2. The van der Waals surface area contributed by atoms with Crippen LogP contribution in [0.5, 0.6) is 0 Å². The van der Waals surface area contributed by atoms with E-state index in [9.17, 15) is 19.5 Å². The molecular weight excluding hydrogens is 300 g/mol. The zero-order chi connectivity index (χ0) is 16.7. The van der Waals surface area contributed by atoms with Gasteiger partial charge in [0.1, 0.15) is 12.1 Å². The second-order valence-electron chi connectivity index (χ2n) is 6.56. The number of nitrogens with zero attached hydrogens (tertiary/aromatic N) is 3. The molecule has 2 aliphatic heterocycles. The fourth-order valence-corrected chi connectivity index (χ4v) is 4.38. The Hall–Kier alpha value is -2.30. The third-order valence-corrected chi connectivity index (χ3v) is 5.22. The van der Waals surface area contributed by atoms with E-state index in [0.717, 1.165) is 6.42 Å². The van der Waals surface area contributed by atoms with Gasteiger partial charge in [-0.15, -0.1) is 0 Å². The Morgan fingerprint density at radius 2 is 2.04 bits per heavy atom. The lowest BCUT2D eigenvalue weighted by atomic mass is 9.95. The molecule has 1 saturated carbocycles. The summed E-state index contributed by atoms with van der Waals surface area (Å²) in [6.07, 6.45) is 1.46. The largest absolute Gasteiger partial charge is 0.465 e. The average molecular weight is 320 g/mol. The maximum absolute atomic E-state index is 12.8. The highest BCUT2D eigenvalue weighted by molar-refractivity contribution is 5.88. The van der Waals surface area contributed by atoms with Gasteiger partial charge in [-0.25, -0.2) is 4.79 Å².